The van der Waals surface area contributed by atoms with E-state index >= 15 is 0 Å². The molecular formula is C15H31N3O. The zero-order valence-corrected chi connectivity index (χ0v) is 12.8. The molecule has 4 nitrogen and oxygen atoms in total. The van der Waals surface area contributed by atoms with Crippen molar-refractivity contribution in [3.05, 3.63) is 0 Å². The third kappa shape index (κ3) is 6.39. The molecule has 1 fully saturated rings. The maximum Gasteiger partial charge on any atom is 0.220 e. The third-order valence-corrected chi connectivity index (χ3v) is 4.44. The lowest BCUT2D eigenvalue weighted by Gasteiger charge is -2.27. The average Bonchev–Trinajstić information content (AvgIpc) is 2.39. The Morgan fingerprint density at radius 1 is 1.26 bits per heavy atom. The number of rotatable bonds is 7. The van der Waals surface area contributed by atoms with Crippen molar-refractivity contribution >= 4 is 5.91 Å². The van der Waals surface area contributed by atoms with Crippen LogP contribution in [0.2, 0.25) is 0 Å². The van der Waals surface area contributed by atoms with Crippen molar-refractivity contribution in [2.45, 2.75) is 52.0 Å². The maximum atomic E-state index is 11.9. The van der Waals surface area contributed by atoms with Crippen LogP contribution in [0.1, 0.15) is 46.0 Å². The van der Waals surface area contributed by atoms with Crippen molar-refractivity contribution in [2.24, 2.45) is 17.6 Å². The molecule has 0 saturated heterocycles. The standard InChI is InChI=1S/C15H31N3O/c1-12(2)18(3)9-8-17-15(19)10-13-4-6-14(11-16)7-5-13/h12-14H,4-11,16H2,1-3H3,(H,17,19). The fraction of sp³-hybridized carbons (Fsp3) is 0.933. The minimum atomic E-state index is 0.216. The first-order valence-electron chi connectivity index (χ1n) is 7.70. The van der Waals surface area contributed by atoms with Gasteiger partial charge in [0.25, 0.3) is 0 Å². The van der Waals surface area contributed by atoms with E-state index in [4.69, 9.17) is 5.73 Å². The van der Waals surface area contributed by atoms with Crippen LogP contribution in [0.25, 0.3) is 0 Å². The molecule has 0 aliphatic heterocycles. The predicted octanol–water partition coefficient (Wildman–Crippen LogP) is 1.60. The minimum absolute atomic E-state index is 0.216. The van der Waals surface area contributed by atoms with Crippen molar-refractivity contribution in [1.29, 1.82) is 0 Å². The topological polar surface area (TPSA) is 58.4 Å². The molecule has 0 aromatic carbocycles. The highest BCUT2D eigenvalue weighted by Gasteiger charge is 2.22. The lowest BCUT2D eigenvalue weighted by Crippen LogP contribution is -2.36. The van der Waals surface area contributed by atoms with Gasteiger partial charge in [-0.05, 0) is 65.0 Å². The first-order chi connectivity index (χ1) is 9.02. The summed E-state index contributed by atoms with van der Waals surface area (Å²) >= 11 is 0. The van der Waals surface area contributed by atoms with Gasteiger partial charge in [0, 0.05) is 25.6 Å². The lowest BCUT2D eigenvalue weighted by atomic mass is 9.80. The molecule has 0 aromatic heterocycles. The van der Waals surface area contributed by atoms with Crippen LogP contribution in [0.15, 0.2) is 0 Å². The number of nitrogens with one attached hydrogen (secondary N) is 1. The van der Waals surface area contributed by atoms with Crippen LogP contribution in [-0.4, -0.2) is 43.5 Å². The smallest absolute Gasteiger partial charge is 0.220 e. The van der Waals surface area contributed by atoms with E-state index in [1.54, 1.807) is 0 Å². The van der Waals surface area contributed by atoms with Gasteiger partial charge in [-0.2, -0.15) is 0 Å². The van der Waals surface area contributed by atoms with Gasteiger partial charge < -0.3 is 16.0 Å². The number of hydrogen-bond donors (Lipinski definition) is 2. The first-order valence-corrected chi connectivity index (χ1v) is 7.70. The molecule has 0 atom stereocenters. The molecule has 3 N–H and O–H groups in total. The summed E-state index contributed by atoms with van der Waals surface area (Å²) in [5.41, 5.74) is 5.68. The largest absolute Gasteiger partial charge is 0.355 e. The molecule has 1 amide bonds. The molecular weight excluding hydrogens is 238 g/mol. The number of nitrogens with two attached hydrogens (primary N) is 1. The Labute approximate surface area is 118 Å². The Kier molecular flexibility index (Phi) is 7.39. The minimum Gasteiger partial charge on any atom is -0.355 e. The Hall–Kier alpha value is -0.610. The molecule has 1 rings (SSSR count). The van der Waals surface area contributed by atoms with E-state index in [-0.39, 0.29) is 5.91 Å². The number of hydrogen-bond acceptors (Lipinski definition) is 3. The normalized spacial score (nSPS) is 23.9. The number of carbonyl (C=O) groups is 1. The summed E-state index contributed by atoms with van der Waals surface area (Å²) in [7, 11) is 2.09. The van der Waals surface area contributed by atoms with Gasteiger partial charge in [-0.15, -0.1) is 0 Å². The summed E-state index contributed by atoms with van der Waals surface area (Å²) in [6, 6.07) is 0.531. The molecule has 0 aromatic rings. The quantitative estimate of drug-likeness (QED) is 0.738. The summed E-state index contributed by atoms with van der Waals surface area (Å²) in [6.07, 6.45) is 5.43. The van der Waals surface area contributed by atoms with E-state index in [9.17, 15) is 4.79 Å². The van der Waals surface area contributed by atoms with Gasteiger partial charge in [0.05, 0.1) is 0 Å². The van der Waals surface area contributed by atoms with Crippen molar-refractivity contribution in [3.8, 4) is 0 Å². The van der Waals surface area contributed by atoms with Crippen molar-refractivity contribution in [2.75, 3.05) is 26.7 Å². The second kappa shape index (κ2) is 8.54. The fourth-order valence-corrected chi connectivity index (χ4v) is 2.64. The molecule has 4 heteroatoms. The molecule has 0 heterocycles. The first kappa shape index (κ1) is 16.4. The number of nitrogens with zero attached hydrogens (tertiary/aromatic N) is 1. The van der Waals surface area contributed by atoms with E-state index in [1.807, 2.05) is 0 Å². The van der Waals surface area contributed by atoms with E-state index < -0.39 is 0 Å². The fourth-order valence-electron chi connectivity index (χ4n) is 2.64. The van der Waals surface area contributed by atoms with Crippen LogP contribution in [-0.2, 0) is 4.79 Å². The van der Waals surface area contributed by atoms with Gasteiger partial charge in [-0.1, -0.05) is 0 Å². The van der Waals surface area contributed by atoms with Crippen LogP contribution in [0, 0.1) is 11.8 Å². The Morgan fingerprint density at radius 2 is 1.84 bits per heavy atom. The van der Waals surface area contributed by atoms with E-state index in [2.05, 4.69) is 31.1 Å². The van der Waals surface area contributed by atoms with Crippen LogP contribution in [0.4, 0.5) is 0 Å². The second-order valence-corrected chi connectivity index (χ2v) is 6.25. The summed E-state index contributed by atoms with van der Waals surface area (Å²) in [5, 5.41) is 3.04. The number of amides is 1. The highest BCUT2D eigenvalue weighted by atomic mass is 16.1. The molecule has 19 heavy (non-hydrogen) atoms. The molecule has 0 spiro atoms. The summed E-state index contributed by atoms with van der Waals surface area (Å²) in [4.78, 5) is 14.1. The zero-order chi connectivity index (χ0) is 14.3. The summed E-state index contributed by atoms with van der Waals surface area (Å²) in [5.74, 6) is 1.48. The van der Waals surface area contributed by atoms with Crippen LogP contribution in [0.3, 0.4) is 0 Å². The van der Waals surface area contributed by atoms with Crippen molar-refractivity contribution < 1.29 is 4.79 Å². The third-order valence-electron chi connectivity index (χ3n) is 4.44. The molecule has 0 unspecified atom stereocenters. The molecule has 1 aliphatic carbocycles. The SMILES string of the molecule is CC(C)N(C)CCNC(=O)CC1CCC(CN)CC1. The molecule has 0 bridgehead atoms. The summed E-state index contributed by atoms with van der Waals surface area (Å²) < 4.78 is 0. The molecule has 1 aliphatic rings. The Balaban J connectivity index is 2.11. The second-order valence-electron chi connectivity index (χ2n) is 6.25. The molecule has 1 saturated carbocycles. The number of likely N-dealkylation sites (N-methyl/N-ethyl adjacent to an activating group) is 1. The lowest BCUT2D eigenvalue weighted by molar-refractivity contribution is -0.122. The zero-order valence-electron chi connectivity index (χ0n) is 12.8. The van der Waals surface area contributed by atoms with Crippen LogP contribution < -0.4 is 11.1 Å². The highest BCUT2D eigenvalue weighted by Crippen LogP contribution is 2.29. The average molecular weight is 269 g/mol. The number of carbonyl (C=O) groups excluding carboxylic acids is 1. The van der Waals surface area contributed by atoms with Gasteiger partial charge in [-0.25, -0.2) is 0 Å². The predicted molar refractivity (Wildman–Crippen MR) is 79.9 cm³/mol. The summed E-state index contributed by atoms with van der Waals surface area (Å²) in [6.45, 7) is 6.81. The van der Waals surface area contributed by atoms with Gasteiger partial charge in [-0.3, -0.25) is 4.79 Å². The monoisotopic (exact) mass is 269 g/mol. The van der Waals surface area contributed by atoms with Crippen molar-refractivity contribution in [3.63, 3.8) is 0 Å². The van der Waals surface area contributed by atoms with E-state index in [0.29, 0.717) is 24.3 Å². The van der Waals surface area contributed by atoms with E-state index in [1.165, 1.54) is 25.7 Å². The van der Waals surface area contributed by atoms with Crippen LogP contribution in [0.5, 0.6) is 0 Å². The van der Waals surface area contributed by atoms with Gasteiger partial charge in [0.15, 0.2) is 0 Å². The maximum absolute atomic E-state index is 11.9. The van der Waals surface area contributed by atoms with E-state index in [0.717, 1.165) is 19.6 Å². The van der Waals surface area contributed by atoms with Gasteiger partial charge in [0.1, 0.15) is 0 Å². The van der Waals surface area contributed by atoms with Crippen molar-refractivity contribution in [1.82, 2.24) is 10.2 Å². The highest BCUT2D eigenvalue weighted by molar-refractivity contribution is 5.76. The van der Waals surface area contributed by atoms with Crippen LogP contribution >= 0.6 is 0 Å². The molecule has 0 radical (unpaired) electrons. The van der Waals surface area contributed by atoms with Gasteiger partial charge in [0.2, 0.25) is 5.91 Å². The Bertz CT molecular complexity index is 260. The van der Waals surface area contributed by atoms with Gasteiger partial charge >= 0.3 is 0 Å². The molecule has 112 valence electrons. The Morgan fingerprint density at radius 3 is 2.37 bits per heavy atom.